The van der Waals surface area contributed by atoms with Gasteiger partial charge in [-0.3, -0.25) is 14.2 Å². The van der Waals surface area contributed by atoms with Gasteiger partial charge in [0.2, 0.25) is 5.91 Å². The highest BCUT2D eigenvalue weighted by molar-refractivity contribution is 7.18. The minimum atomic E-state index is -0.170. The summed E-state index contributed by atoms with van der Waals surface area (Å²) in [6.45, 7) is 5.50. The molecule has 1 aliphatic heterocycles. The molecular formula is C22H25N3O4S. The lowest BCUT2D eigenvalue weighted by atomic mass is 10.2. The van der Waals surface area contributed by atoms with Crippen molar-refractivity contribution in [2.75, 3.05) is 18.5 Å². The SMILES string of the molecule is Cc1sc2ncn(CCC(=O)Nc3cccc(OC[C@@H]4CCCO4)c3)c(=O)c2c1C. The Labute approximate surface area is 178 Å². The Hall–Kier alpha value is -2.71. The molecule has 0 bridgehead atoms. The van der Waals surface area contributed by atoms with Gasteiger partial charge in [0.15, 0.2) is 0 Å². The van der Waals surface area contributed by atoms with Crippen molar-refractivity contribution < 1.29 is 14.3 Å². The minimum absolute atomic E-state index is 0.0980. The van der Waals surface area contributed by atoms with Crippen LogP contribution in [0.25, 0.3) is 10.2 Å². The number of carbonyl (C=O) groups is 1. The molecule has 3 heterocycles. The first-order chi connectivity index (χ1) is 14.5. The van der Waals surface area contributed by atoms with Crippen molar-refractivity contribution in [3.8, 4) is 5.75 Å². The molecule has 7 nitrogen and oxygen atoms in total. The largest absolute Gasteiger partial charge is 0.491 e. The molecule has 0 saturated carbocycles. The van der Waals surface area contributed by atoms with E-state index in [1.807, 2.05) is 32.0 Å². The molecule has 1 aliphatic rings. The van der Waals surface area contributed by atoms with Crippen molar-refractivity contribution in [1.82, 2.24) is 9.55 Å². The highest BCUT2D eigenvalue weighted by Gasteiger charge is 2.16. The summed E-state index contributed by atoms with van der Waals surface area (Å²) in [4.78, 5) is 31.3. The Bertz CT molecular complexity index is 1120. The Morgan fingerprint density at radius 1 is 1.40 bits per heavy atom. The lowest BCUT2D eigenvalue weighted by Crippen LogP contribution is -2.23. The van der Waals surface area contributed by atoms with E-state index in [1.54, 1.807) is 6.07 Å². The number of hydrogen-bond acceptors (Lipinski definition) is 6. The zero-order valence-corrected chi connectivity index (χ0v) is 18.0. The van der Waals surface area contributed by atoms with Crippen molar-refractivity contribution in [3.63, 3.8) is 0 Å². The van der Waals surface area contributed by atoms with E-state index in [-0.39, 0.29) is 30.5 Å². The molecule has 0 aliphatic carbocycles. The maximum absolute atomic E-state index is 12.7. The summed E-state index contributed by atoms with van der Waals surface area (Å²) in [5.41, 5.74) is 1.53. The number of amides is 1. The second-order valence-corrected chi connectivity index (χ2v) is 8.68. The molecule has 1 amide bonds. The third-order valence-corrected chi connectivity index (χ3v) is 6.43. The lowest BCUT2D eigenvalue weighted by Gasteiger charge is -2.12. The number of hydrogen-bond donors (Lipinski definition) is 1. The van der Waals surface area contributed by atoms with Crippen molar-refractivity contribution in [3.05, 3.63) is 51.4 Å². The first kappa shape index (κ1) is 20.6. The molecule has 1 atom stereocenters. The third-order valence-electron chi connectivity index (χ3n) is 5.31. The van der Waals surface area contributed by atoms with E-state index in [2.05, 4.69) is 10.3 Å². The number of rotatable bonds is 7. The van der Waals surface area contributed by atoms with Gasteiger partial charge in [-0.1, -0.05) is 6.07 Å². The molecule has 0 spiro atoms. The van der Waals surface area contributed by atoms with Crippen LogP contribution in [-0.4, -0.2) is 34.8 Å². The summed E-state index contributed by atoms with van der Waals surface area (Å²) in [6, 6.07) is 7.30. The maximum atomic E-state index is 12.7. The summed E-state index contributed by atoms with van der Waals surface area (Å²) < 4.78 is 12.8. The zero-order chi connectivity index (χ0) is 21.1. The molecule has 158 valence electrons. The number of anilines is 1. The van der Waals surface area contributed by atoms with E-state index < -0.39 is 0 Å². The van der Waals surface area contributed by atoms with Gasteiger partial charge in [-0.25, -0.2) is 4.98 Å². The van der Waals surface area contributed by atoms with Crippen molar-refractivity contribution in [2.24, 2.45) is 0 Å². The number of aryl methyl sites for hydroxylation is 3. The standard InChI is InChI=1S/C22H25N3O4S/c1-14-15(2)30-21-20(14)22(27)25(13-23-21)9-8-19(26)24-16-5-3-6-17(11-16)29-12-18-7-4-10-28-18/h3,5-6,11,13,18H,4,7-10,12H2,1-2H3,(H,24,26)/t18-/m0/s1. The third kappa shape index (κ3) is 4.55. The summed E-state index contributed by atoms with van der Waals surface area (Å²) in [7, 11) is 0. The van der Waals surface area contributed by atoms with E-state index in [4.69, 9.17) is 9.47 Å². The Morgan fingerprint density at radius 3 is 3.07 bits per heavy atom. The van der Waals surface area contributed by atoms with E-state index >= 15 is 0 Å². The summed E-state index contributed by atoms with van der Waals surface area (Å²) in [6.07, 6.45) is 3.92. The number of carbonyl (C=O) groups excluding carboxylic acids is 1. The number of nitrogens with one attached hydrogen (secondary N) is 1. The van der Waals surface area contributed by atoms with Gasteiger partial charge in [0.1, 0.15) is 17.2 Å². The average molecular weight is 428 g/mol. The molecule has 1 fully saturated rings. The van der Waals surface area contributed by atoms with Crippen molar-refractivity contribution >= 4 is 33.1 Å². The quantitative estimate of drug-likeness (QED) is 0.622. The van der Waals surface area contributed by atoms with Crippen LogP contribution >= 0.6 is 11.3 Å². The summed E-state index contributed by atoms with van der Waals surface area (Å²) >= 11 is 1.52. The molecule has 3 aromatic rings. The molecular weight excluding hydrogens is 402 g/mol. The van der Waals surface area contributed by atoms with Crippen LogP contribution in [0, 0.1) is 13.8 Å². The maximum Gasteiger partial charge on any atom is 0.262 e. The van der Waals surface area contributed by atoms with Crippen molar-refractivity contribution in [2.45, 2.75) is 45.8 Å². The first-order valence-corrected chi connectivity index (χ1v) is 10.9. The van der Waals surface area contributed by atoms with Crippen LogP contribution in [0.5, 0.6) is 5.75 Å². The highest BCUT2D eigenvalue weighted by Crippen LogP contribution is 2.25. The van der Waals surface area contributed by atoms with Crippen LogP contribution in [0.15, 0.2) is 35.4 Å². The highest BCUT2D eigenvalue weighted by atomic mass is 32.1. The number of nitrogens with zero attached hydrogens (tertiary/aromatic N) is 2. The van der Waals surface area contributed by atoms with Gasteiger partial charge in [-0.2, -0.15) is 0 Å². The number of aromatic nitrogens is 2. The molecule has 1 N–H and O–H groups in total. The summed E-state index contributed by atoms with van der Waals surface area (Å²) in [5, 5.41) is 3.52. The summed E-state index contributed by atoms with van der Waals surface area (Å²) in [5.74, 6) is 0.522. The van der Waals surface area contributed by atoms with E-state index in [9.17, 15) is 9.59 Å². The van der Waals surface area contributed by atoms with Gasteiger partial charge in [0.25, 0.3) is 5.56 Å². The Kier molecular flexibility index (Phi) is 6.15. The fourth-order valence-electron chi connectivity index (χ4n) is 3.50. The van der Waals surface area contributed by atoms with Crippen molar-refractivity contribution in [1.29, 1.82) is 0 Å². The van der Waals surface area contributed by atoms with Crippen LogP contribution < -0.4 is 15.6 Å². The molecule has 2 aromatic heterocycles. The molecule has 0 unspecified atom stereocenters. The van der Waals surface area contributed by atoms with Crippen LogP contribution in [0.1, 0.15) is 29.7 Å². The number of thiophene rings is 1. The second-order valence-electron chi connectivity index (χ2n) is 7.48. The zero-order valence-electron chi connectivity index (χ0n) is 17.1. The molecule has 8 heteroatoms. The molecule has 0 radical (unpaired) electrons. The number of benzene rings is 1. The molecule has 30 heavy (non-hydrogen) atoms. The van der Waals surface area contributed by atoms with Gasteiger partial charge in [0.05, 0.1) is 17.8 Å². The first-order valence-electron chi connectivity index (χ1n) is 10.1. The lowest BCUT2D eigenvalue weighted by molar-refractivity contribution is -0.116. The normalized spacial score (nSPS) is 16.1. The topological polar surface area (TPSA) is 82.5 Å². The van der Waals surface area contributed by atoms with Gasteiger partial charge in [-0.15, -0.1) is 11.3 Å². The fraction of sp³-hybridized carbons (Fsp3) is 0.409. The van der Waals surface area contributed by atoms with Crippen LogP contribution in [0.3, 0.4) is 0 Å². The number of fused-ring (bicyclic) bond motifs is 1. The second kappa shape index (κ2) is 8.97. The van der Waals surface area contributed by atoms with Gasteiger partial charge in [-0.05, 0) is 44.4 Å². The smallest absolute Gasteiger partial charge is 0.262 e. The Morgan fingerprint density at radius 2 is 2.27 bits per heavy atom. The van der Waals surface area contributed by atoms with E-state index in [0.717, 1.165) is 34.7 Å². The van der Waals surface area contributed by atoms with Gasteiger partial charge in [0, 0.05) is 36.2 Å². The van der Waals surface area contributed by atoms with E-state index in [0.29, 0.717) is 23.4 Å². The van der Waals surface area contributed by atoms with E-state index in [1.165, 1.54) is 22.2 Å². The number of ether oxygens (including phenoxy) is 2. The Balaban J connectivity index is 1.35. The fourth-order valence-corrected chi connectivity index (χ4v) is 4.49. The molecule has 1 saturated heterocycles. The van der Waals surface area contributed by atoms with Gasteiger partial charge < -0.3 is 14.8 Å². The predicted molar refractivity (Wildman–Crippen MR) is 118 cm³/mol. The van der Waals surface area contributed by atoms with Crippen LogP contribution in [-0.2, 0) is 16.1 Å². The minimum Gasteiger partial charge on any atom is -0.491 e. The predicted octanol–water partition coefficient (Wildman–Crippen LogP) is 3.66. The average Bonchev–Trinajstić information content (AvgIpc) is 3.35. The van der Waals surface area contributed by atoms with Crippen LogP contribution in [0.4, 0.5) is 5.69 Å². The van der Waals surface area contributed by atoms with Crippen LogP contribution in [0.2, 0.25) is 0 Å². The molecule has 1 aromatic carbocycles. The monoisotopic (exact) mass is 427 g/mol. The molecule has 4 rings (SSSR count). The van der Waals surface area contributed by atoms with Gasteiger partial charge >= 0.3 is 0 Å².